The Morgan fingerprint density at radius 2 is 1.86 bits per heavy atom. The van der Waals surface area contributed by atoms with Crippen molar-refractivity contribution < 1.29 is 22.4 Å². The Bertz CT molecular complexity index is 1380. The maximum absolute atomic E-state index is 13.6. The fraction of sp³-hybridized carbons (Fsp3) is 0.440. The van der Waals surface area contributed by atoms with Crippen molar-refractivity contribution in [3.8, 4) is 5.75 Å². The van der Waals surface area contributed by atoms with Crippen LogP contribution in [-0.2, 0) is 21.2 Å². The number of aromatic nitrogens is 1. The van der Waals surface area contributed by atoms with Crippen molar-refractivity contribution in [1.82, 2.24) is 14.2 Å². The van der Waals surface area contributed by atoms with E-state index in [2.05, 4.69) is 11.1 Å². The van der Waals surface area contributed by atoms with E-state index >= 15 is 0 Å². The van der Waals surface area contributed by atoms with Gasteiger partial charge in [0.1, 0.15) is 5.75 Å². The smallest absolute Gasteiger partial charge is 0.417 e. The molecule has 35 heavy (non-hydrogen) atoms. The van der Waals surface area contributed by atoms with Gasteiger partial charge < -0.3 is 14.1 Å². The molecule has 1 fully saturated rings. The molecule has 0 saturated carbocycles. The van der Waals surface area contributed by atoms with Crippen molar-refractivity contribution in [1.29, 1.82) is 0 Å². The van der Waals surface area contributed by atoms with Crippen LogP contribution in [0.15, 0.2) is 56.6 Å². The van der Waals surface area contributed by atoms with Crippen molar-refractivity contribution >= 4 is 27.0 Å². The first-order valence-corrected chi connectivity index (χ1v) is 13.5. The molecule has 2 aromatic carbocycles. The third-order valence-corrected chi connectivity index (χ3v) is 8.62. The van der Waals surface area contributed by atoms with Crippen LogP contribution in [0.1, 0.15) is 37.7 Å². The summed E-state index contributed by atoms with van der Waals surface area (Å²) in [5.41, 5.74) is 1.75. The number of nitrogens with zero attached hydrogens (tertiary/aromatic N) is 2. The first-order chi connectivity index (χ1) is 16.9. The molecule has 0 spiro atoms. The summed E-state index contributed by atoms with van der Waals surface area (Å²) < 4.78 is 39.4. The van der Waals surface area contributed by atoms with Gasteiger partial charge in [-0.25, -0.2) is 13.2 Å². The lowest BCUT2D eigenvalue weighted by Gasteiger charge is -2.37. The molecule has 0 aliphatic carbocycles. The molecule has 186 valence electrons. The summed E-state index contributed by atoms with van der Waals surface area (Å²) >= 11 is 0. The third-order valence-electron chi connectivity index (χ3n) is 6.77. The molecular formula is C25H29N3O6S. The van der Waals surface area contributed by atoms with E-state index in [1.165, 1.54) is 28.1 Å². The number of ether oxygens (including phenoxy) is 1. The van der Waals surface area contributed by atoms with Gasteiger partial charge in [-0.1, -0.05) is 12.1 Å². The molecule has 1 N–H and O–H groups in total. The molecule has 3 aromatic rings. The van der Waals surface area contributed by atoms with Gasteiger partial charge in [-0.3, -0.25) is 9.78 Å². The van der Waals surface area contributed by atoms with Gasteiger partial charge in [-0.2, -0.15) is 4.31 Å². The Hall–Kier alpha value is -3.11. The number of nitrogens with one attached hydrogen (secondary N) is 1. The first-order valence-electron chi connectivity index (χ1n) is 12.0. The number of sulfonamides is 1. The topological polar surface area (TPSA) is 113 Å². The van der Waals surface area contributed by atoms with Crippen LogP contribution in [0.25, 0.3) is 11.1 Å². The summed E-state index contributed by atoms with van der Waals surface area (Å²) in [6, 6.07) is 12.3. The van der Waals surface area contributed by atoms with Crippen molar-refractivity contribution in [3.63, 3.8) is 0 Å². The summed E-state index contributed by atoms with van der Waals surface area (Å²) in [7, 11) is -4.02. The van der Waals surface area contributed by atoms with Gasteiger partial charge in [0.25, 0.3) is 0 Å². The van der Waals surface area contributed by atoms with E-state index < -0.39 is 15.8 Å². The van der Waals surface area contributed by atoms with E-state index in [1.807, 2.05) is 23.1 Å². The van der Waals surface area contributed by atoms with E-state index in [0.717, 1.165) is 37.9 Å². The number of benzene rings is 2. The molecule has 5 rings (SSSR count). The molecule has 2 bridgehead atoms. The van der Waals surface area contributed by atoms with Gasteiger partial charge in [0, 0.05) is 25.2 Å². The fourth-order valence-electron chi connectivity index (χ4n) is 4.95. The van der Waals surface area contributed by atoms with Crippen LogP contribution in [0.2, 0.25) is 0 Å². The predicted octanol–water partition coefficient (Wildman–Crippen LogP) is 2.91. The lowest BCUT2D eigenvalue weighted by Crippen LogP contribution is -2.49. The highest BCUT2D eigenvalue weighted by atomic mass is 32.2. The van der Waals surface area contributed by atoms with Crippen LogP contribution in [0.5, 0.6) is 5.75 Å². The van der Waals surface area contributed by atoms with Crippen LogP contribution >= 0.6 is 0 Å². The number of piperidine rings is 1. The van der Waals surface area contributed by atoms with Crippen LogP contribution < -0.4 is 10.5 Å². The third kappa shape index (κ3) is 5.13. The number of aryl methyl sites for hydroxylation is 1. The largest absolute Gasteiger partial charge is 0.494 e. The number of carbonyl (C=O) groups is 1. The highest BCUT2D eigenvalue weighted by Gasteiger charge is 2.32. The molecule has 1 aromatic heterocycles. The van der Waals surface area contributed by atoms with E-state index in [9.17, 15) is 18.0 Å². The van der Waals surface area contributed by atoms with Crippen LogP contribution in [0.4, 0.5) is 0 Å². The van der Waals surface area contributed by atoms with Gasteiger partial charge in [-0.05, 0) is 68.4 Å². The number of carbonyl (C=O) groups excluding carboxylic acids is 1. The lowest BCUT2D eigenvalue weighted by atomic mass is 9.95. The van der Waals surface area contributed by atoms with Gasteiger partial charge in [0.15, 0.2) is 5.58 Å². The van der Waals surface area contributed by atoms with Gasteiger partial charge >= 0.3 is 5.76 Å². The standard InChI is InChI=1S/C25H29N3O6S/c29-24-17-27(35(31,32)21-10-11-22-23(16-21)34-25(30)26-22)12-4-14-33-20-7-3-5-18(15-20)8-9-19-6-1-2-13-28(19)24/h3,5,7,10-11,15-16,19H,1-2,4,6,8-9,12-14,17H2,(H,26,30). The molecule has 1 saturated heterocycles. The molecule has 1 amide bonds. The lowest BCUT2D eigenvalue weighted by molar-refractivity contribution is -0.135. The molecule has 2 aliphatic heterocycles. The average Bonchev–Trinajstić information content (AvgIpc) is 3.23. The van der Waals surface area contributed by atoms with Crippen LogP contribution in [-0.4, -0.2) is 60.8 Å². The Morgan fingerprint density at radius 1 is 0.971 bits per heavy atom. The van der Waals surface area contributed by atoms with Crippen molar-refractivity contribution in [2.75, 3.05) is 26.2 Å². The minimum Gasteiger partial charge on any atom is -0.494 e. The maximum Gasteiger partial charge on any atom is 0.417 e. The zero-order valence-corrected chi connectivity index (χ0v) is 20.3. The quantitative estimate of drug-likeness (QED) is 0.580. The number of aromatic amines is 1. The Labute approximate surface area is 203 Å². The van der Waals surface area contributed by atoms with E-state index in [1.54, 1.807) is 0 Å². The molecule has 2 aliphatic rings. The second-order valence-electron chi connectivity index (χ2n) is 9.14. The summed E-state index contributed by atoms with van der Waals surface area (Å²) in [5, 5.41) is 0. The SMILES string of the molecule is O=C1CN(S(=O)(=O)c2ccc3[nH]c(=O)oc3c2)CCCOc2cccc(c2)CCC2CCCCN12. The minimum atomic E-state index is -4.02. The Morgan fingerprint density at radius 3 is 2.74 bits per heavy atom. The summed E-state index contributed by atoms with van der Waals surface area (Å²) in [6.45, 7) is 0.851. The molecule has 9 nitrogen and oxygen atoms in total. The molecule has 10 heteroatoms. The molecular weight excluding hydrogens is 470 g/mol. The molecule has 1 atom stereocenters. The number of hydrogen-bond acceptors (Lipinski definition) is 6. The minimum absolute atomic E-state index is 0.0227. The second-order valence-corrected chi connectivity index (χ2v) is 11.1. The first kappa shape index (κ1) is 23.6. The number of amides is 1. The van der Waals surface area contributed by atoms with Gasteiger partial charge in [-0.15, -0.1) is 0 Å². The summed E-state index contributed by atoms with van der Waals surface area (Å²) in [5.74, 6) is -0.0712. The Balaban J connectivity index is 1.45. The van der Waals surface area contributed by atoms with Gasteiger partial charge in [0.05, 0.1) is 23.6 Å². The van der Waals surface area contributed by atoms with E-state index in [4.69, 9.17) is 9.15 Å². The van der Waals surface area contributed by atoms with E-state index in [-0.39, 0.29) is 35.5 Å². The second kappa shape index (κ2) is 9.87. The van der Waals surface area contributed by atoms with Crippen molar-refractivity contribution in [3.05, 3.63) is 58.6 Å². The normalized spacial score (nSPS) is 20.7. The highest BCUT2D eigenvalue weighted by molar-refractivity contribution is 7.89. The summed E-state index contributed by atoms with van der Waals surface area (Å²) in [4.78, 5) is 29.3. The number of H-pyrrole nitrogens is 1. The molecule has 3 heterocycles. The van der Waals surface area contributed by atoms with Crippen LogP contribution in [0, 0.1) is 0 Å². The highest BCUT2D eigenvalue weighted by Crippen LogP contribution is 2.25. The number of rotatable bonds is 2. The van der Waals surface area contributed by atoms with Crippen molar-refractivity contribution in [2.45, 2.75) is 49.5 Å². The van der Waals surface area contributed by atoms with E-state index in [0.29, 0.717) is 25.1 Å². The van der Waals surface area contributed by atoms with Crippen molar-refractivity contribution in [2.24, 2.45) is 0 Å². The molecule has 1 unspecified atom stereocenters. The number of oxazole rings is 1. The number of fused-ring (bicyclic) bond motifs is 4. The zero-order chi connectivity index (χ0) is 24.4. The average molecular weight is 500 g/mol. The number of hydrogen-bond donors (Lipinski definition) is 1. The monoisotopic (exact) mass is 499 g/mol. The predicted molar refractivity (Wildman–Crippen MR) is 130 cm³/mol. The zero-order valence-electron chi connectivity index (χ0n) is 19.4. The fourth-order valence-corrected chi connectivity index (χ4v) is 6.39. The maximum atomic E-state index is 13.6. The molecule has 0 radical (unpaired) electrons. The Kier molecular flexibility index (Phi) is 6.66. The van der Waals surface area contributed by atoms with Crippen LogP contribution in [0.3, 0.4) is 0 Å². The summed E-state index contributed by atoms with van der Waals surface area (Å²) in [6.07, 6.45) is 4.96. The van der Waals surface area contributed by atoms with Gasteiger partial charge in [0.2, 0.25) is 15.9 Å².